The fourth-order valence-electron chi connectivity index (χ4n) is 1.85. The molecular formula is C15H22O2. The molecule has 94 valence electrons. The zero-order valence-electron chi connectivity index (χ0n) is 11.6. The van der Waals surface area contributed by atoms with Crippen molar-refractivity contribution < 1.29 is 9.90 Å². The van der Waals surface area contributed by atoms with E-state index in [1.165, 1.54) is 0 Å². The van der Waals surface area contributed by atoms with Crippen molar-refractivity contribution in [2.75, 3.05) is 0 Å². The summed E-state index contributed by atoms with van der Waals surface area (Å²) in [5.41, 5.74) is 2.13. The van der Waals surface area contributed by atoms with E-state index in [1.807, 2.05) is 47.6 Å². The molecule has 1 aromatic rings. The van der Waals surface area contributed by atoms with Gasteiger partial charge in [0.2, 0.25) is 0 Å². The molecule has 0 saturated heterocycles. The Hall–Kier alpha value is -1.31. The van der Waals surface area contributed by atoms with Gasteiger partial charge in [0.15, 0.2) is 5.78 Å². The summed E-state index contributed by atoms with van der Waals surface area (Å²) in [7, 11) is 0. The average Bonchev–Trinajstić information content (AvgIpc) is 2.18. The van der Waals surface area contributed by atoms with Crippen LogP contribution in [0.5, 0.6) is 5.75 Å². The van der Waals surface area contributed by atoms with E-state index >= 15 is 0 Å². The first-order chi connectivity index (χ1) is 7.64. The average molecular weight is 234 g/mol. The molecule has 0 heterocycles. The van der Waals surface area contributed by atoms with Crippen LogP contribution in [0.15, 0.2) is 12.1 Å². The van der Waals surface area contributed by atoms with Gasteiger partial charge in [0.05, 0.1) is 5.56 Å². The van der Waals surface area contributed by atoms with E-state index in [-0.39, 0.29) is 22.9 Å². The smallest absolute Gasteiger partial charge is 0.169 e. The molecule has 0 unspecified atom stereocenters. The molecule has 0 radical (unpaired) electrons. The Bertz CT molecular complexity index is 437. The van der Waals surface area contributed by atoms with Crippen LogP contribution in [0, 0.1) is 12.8 Å². The summed E-state index contributed by atoms with van der Waals surface area (Å²) in [5, 5.41) is 10.2. The van der Waals surface area contributed by atoms with E-state index in [0.717, 1.165) is 11.1 Å². The van der Waals surface area contributed by atoms with Crippen LogP contribution in [-0.4, -0.2) is 10.9 Å². The molecule has 17 heavy (non-hydrogen) atoms. The highest BCUT2D eigenvalue weighted by atomic mass is 16.3. The molecule has 0 aliphatic rings. The van der Waals surface area contributed by atoms with Crippen molar-refractivity contribution in [2.45, 2.75) is 47.0 Å². The number of hydrogen-bond acceptors (Lipinski definition) is 2. The van der Waals surface area contributed by atoms with Crippen LogP contribution in [0.1, 0.15) is 56.1 Å². The van der Waals surface area contributed by atoms with Crippen LogP contribution in [0.25, 0.3) is 0 Å². The Balaban J connectivity index is 3.44. The summed E-state index contributed by atoms with van der Waals surface area (Å²) in [5.74, 6) is 0.0361. The van der Waals surface area contributed by atoms with E-state index in [2.05, 4.69) is 0 Å². The molecule has 2 nitrogen and oxygen atoms in total. The normalized spacial score (nSPS) is 11.9. The van der Waals surface area contributed by atoms with Crippen LogP contribution in [0.3, 0.4) is 0 Å². The summed E-state index contributed by atoms with van der Waals surface area (Å²) >= 11 is 0. The van der Waals surface area contributed by atoms with Gasteiger partial charge < -0.3 is 5.11 Å². The molecule has 0 aliphatic carbocycles. The molecule has 0 spiro atoms. The van der Waals surface area contributed by atoms with Crippen LogP contribution in [0.2, 0.25) is 0 Å². The predicted molar refractivity (Wildman–Crippen MR) is 70.7 cm³/mol. The maximum Gasteiger partial charge on any atom is 0.169 e. The Morgan fingerprint density at radius 3 is 2.18 bits per heavy atom. The van der Waals surface area contributed by atoms with Crippen LogP contribution >= 0.6 is 0 Å². The van der Waals surface area contributed by atoms with Gasteiger partial charge >= 0.3 is 0 Å². The number of Topliss-reactive ketones (excluding diaryl/α,β-unsaturated/α-hetero) is 1. The van der Waals surface area contributed by atoms with Crippen molar-refractivity contribution in [3.05, 3.63) is 28.8 Å². The third-order valence-electron chi connectivity index (χ3n) is 2.85. The topological polar surface area (TPSA) is 37.3 Å². The number of benzene rings is 1. The van der Waals surface area contributed by atoms with E-state index in [4.69, 9.17) is 0 Å². The van der Waals surface area contributed by atoms with Crippen molar-refractivity contribution in [3.63, 3.8) is 0 Å². The molecule has 1 aromatic carbocycles. The molecular weight excluding hydrogens is 212 g/mol. The summed E-state index contributed by atoms with van der Waals surface area (Å²) in [6.45, 7) is 11.7. The number of phenols is 1. The largest absolute Gasteiger partial charge is 0.507 e. The van der Waals surface area contributed by atoms with Crippen molar-refractivity contribution in [1.82, 2.24) is 0 Å². The van der Waals surface area contributed by atoms with E-state index < -0.39 is 0 Å². The standard InChI is InChI=1S/C15H22O2/c1-9(2)13(16)11-7-10(3)8-12(14(11)17)15(4,5)6/h7-9,17H,1-6H3. The molecule has 0 atom stereocenters. The van der Waals surface area contributed by atoms with Gasteiger partial charge in [0.1, 0.15) is 5.75 Å². The monoisotopic (exact) mass is 234 g/mol. The second kappa shape index (κ2) is 4.52. The summed E-state index contributed by atoms with van der Waals surface area (Å²) < 4.78 is 0. The number of hydrogen-bond donors (Lipinski definition) is 1. The second-order valence-corrected chi connectivity index (χ2v) is 5.98. The van der Waals surface area contributed by atoms with E-state index in [9.17, 15) is 9.90 Å². The Labute approximate surface area is 104 Å². The molecule has 0 bridgehead atoms. The van der Waals surface area contributed by atoms with Crippen LogP contribution < -0.4 is 0 Å². The molecule has 0 amide bonds. The molecule has 1 rings (SSSR count). The Morgan fingerprint density at radius 1 is 1.24 bits per heavy atom. The lowest BCUT2D eigenvalue weighted by Gasteiger charge is -2.23. The van der Waals surface area contributed by atoms with Gasteiger partial charge in [-0.15, -0.1) is 0 Å². The zero-order chi connectivity index (χ0) is 13.4. The SMILES string of the molecule is Cc1cc(C(=O)C(C)C)c(O)c(C(C)(C)C)c1. The number of carbonyl (C=O) groups excluding carboxylic acids is 1. The number of aryl methyl sites for hydroxylation is 1. The first-order valence-corrected chi connectivity index (χ1v) is 6.03. The van der Waals surface area contributed by atoms with Crippen molar-refractivity contribution >= 4 is 5.78 Å². The van der Waals surface area contributed by atoms with Gasteiger partial charge in [-0.2, -0.15) is 0 Å². The number of ketones is 1. The van der Waals surface area contributed by atoms with Gasteiger partial charge in [0, 0.05) is 11.5 Å². The number of phenolic OH excluding ortho intramolecular Hbond substituents is 1. The van der Waals surface area contributed by atoms with Gasteiger partial charge in [-0.1, -0.05) is 40.7 Å². The maximum atomic E-state index is 12.0. The molecule has 0 fully saturated rings. The lowest BCUT2D eigenvalue weighted by atomic mass is 9.83. The third-order valence-corrected chi connectivity index (χ3v) is 2.85. The molecule has 0 aromatic heterocycles. The quantitative estimate of drug-likeness (QED) is 0.789. The van der Waals surface area contributed by atoms with E-state index in [1.54, 1.807) is 6.07 Å². The zero-order valence-corrected chi connectivity index (χ0v) is 11.6. The fraction of sp³-hybridized carbons (Fsp3) is 0.533. The third kappa shape index (κ3) is 2.87. The van der Waals surface area contributed by atoms with Crippen LogP contribution in [0.4, 0.5) is 0 Å². The lowest BCUT2D eigenvalue weighted by Crippen LogP contribution is -2.15. The predicted octanol–water partition coefficient (Wildman–Crippen LogP) is 3.84. The number of carbonyl (C=O) groups is 1. The summed E-state index contributed by atoms with van der Waals surface area (Å²) in [6.07, 6.45) is 0. The van der Waals surface area contributed by atoms with Crippen molar-refractivity contribution in [3.8, 4) is 5.75 Å². The molecule has 0 aliphatic heterocycles. The van der Waals surface area contributed by atoms with Gasteiger partial charge in [-0.05, 0) is 24.0 Å². The van der Waals surface area contributed by atoms with Crippen molar-refractivity contribution in [2.24, 2.45) is 5.92 Å². The van der Waals surface area contributed by atoms with Crippen LogP contribution in [-0.2, 0) is 5.41 Å². The van der Waals surface area contributed by atoms with Gasteiger partial charge in [0.25, 0.3) is 0 Å². The minimum absolute atomic E-state index is 0.00306. The fourth-order valence-corrected chi connectivity index (χ4v) is 1.85. The van der Waals surface area contributed by atoms with E-state index in [0.29, 0.717) is 5.56 Å². The Morgan fingerprint density at radius 2 is 1.76 bits per heavy atom. The van der Waals surface area contributed by atoms with Crippen molar-refractivity contribution in [1.29, 1.82) is 0 Å². The molecule has 2 heteroatoms. The minimum Gasteiger partial charge on any atom is -0.507 e. The highest BCUT2D eigenvalue weighted by Crippen LogP contribution is 2.35. The number of rotatable bonds is 2. The Kier molecular flexibility index (Phi) is 3.65. The minimum atomic E-state index is -0.165. The van der Waals surface area contributed by atoms with Gasteiger partial charge in [-0.25, -0.2) is 0 Å². The number of aromatic hydroxyl groups is 1. The molecule has 0 saturated carbocycles. The highest BCUT2D eigenvalue weighted by molar-refractivity contribution is 6.00. The first-order valence-electron chi connectivity index (χ1n) is 6.03. The summed E-state index contributed by atoms with van der Waals surface area (Å²) in [4.78, 5) is 12.0. The van der Waals surface area contributed by atoms with Gasteiger partial charge in [-0.3, -0.25) is 4.79 Å². The lowest BCUT2D eigenvalue weighted by molar-refractivity contribution is 0.0936. The second-order valence-electron chi connectivity index (χ2n) is 5.98. The highest BCUT2D eigenvalue weighted by Gasteiger charge is 2.24. The first kappa shape index (κ1) is 13.8. The molecule has 1 N–H and O–H groups in total. The maximum absolute atomic E-state index is 12.0. The summed E-state index contributed by atoms with van der Waals surface area (Å²) in [6, 6.07) is 3.72.